The lowest BCUT2D eigenvalue weighted by molar-refractivity contribution is -0.115. The lowest BCUT2D eigenvalue weighted by atomic mass is 10.3. The Morgan fingerprint density at radius 3 is 2.96 bits per heavy atom. The Kier molecular flexibility index (Phi) is 5.33. The van der Waals surface area contributed by atoms with Crippen molar-refractivity contribution in [2.45, 2.75) is 30.5 Å². The molecule has 2 aromatic heterocycles. The minimum absolute atomic E-state index is 0.0797. The molecule has 0 bridgehead atoms. The van der Waals surface area contributed by atoms with E-state index in [0.29, 0.717) is 16.6 Å². The summed E-state index contributed by atoms with van der Waals surface area (Å²) in [5.41, 5.74) is 1.71. The van der Waals surface area contributed by atoms with Crippen LogP contribution in [0.25, 0.3) is 10.2 Å². The Morgan fingerprint density at radius 1 is 1.38 bits per heavy atom. The summed E-state index contributed by atoms with van der Waals surface area (Å²) in [5.74, 6) is -0.0797. The molecule has 0 radical (unpaired) electrons. The summed E-state index contributed by atoms with van der Waals surface area (Å²) in [6.45, 7) is 3.88. The number of carbonyl (C=O) groups is 1. The number of aromatic nitrogens is 3. The standard InChI is InChI=1S/C16H15ClN4OS2/c1-3-12(23-14-6-9(2)18-8-19-14)15(22)21-16-20-11-5-4-10(17)7-13(11)24-16/h4-8,12H,3H2,1-2H3,(H,20,21,22). The fraction of sp³-hybridized carbons (Fsp3) is 0.250. The number of thioether (sulfide) groups is 1. The SMILES string of the molecule is CCC(Sc1cc(C)ncn1)C(=O)Nc1nc2ccc(Cl)cc2s1. The minimum atomic E-state index is -0.241. The highest BCUT2D eigenvalue weighted by molar-refractivity contribution is 8.00. The third kappa shape index (κ3) is 4.03. The topological polar surface area (TPSA) is 67.8 Å². The van der Waals surface area contributed by atoms with Crippen molar-refractivity contribution >= 4 is 56.0 Å². The Bertz CT molecular complexity index is 883. The highest BCUT2D eigenvalue weighted by Gasteiger charge is 2.20. The van der Waals surface area contributed by atoms with Crippen molar-refractivity contribution in [2.75, 3.05) is 5.32 Å². The second kappa shape index (κ2) is 7.46. The number of aryl methyl sites for hydroxylation is 1. The van der Waals surface area contributed by atoms with Gasteiger partial charge in [0.05, 0.1) is 15.5 Å². The van der Waals surface area contributed by atoms with Gasteiger partial charge >= 0.3 is 0 Å². The molecule has 1 unspecified atom stereocenters. The second-order valence-corrected chi connectivity index (χ2v) is 7.82. The van der Waals surface area contributed by atoms with E-state index in [1.54, 1.807) is 6.07 Å². The second-order valence-electron chi connectivity index (χ2n) is 5.13. The fourth-order valence-electron chi connectivity index (χ4n) is 2.10. The first kappa shape index (κ1) is 17.1. The van der Waals surface area contributed by atoms with Crippen LogP contribution in [0.4, 0.5) is 5.13 Å². The number of benzene rings is 1. The van der Waals surface area contributed by atoms with Crippen molar-refractivity contribution in [3.8, 4) is 0 Å². The molecule has 0 saturated heterocycles. The van der Waals surface area contributed by atoms with E-state index in [9.17, 15) is 4.79 Å². The molecule has 1 N–H and O–H groups in total. The number of thiazole rings is 1. The molecule has 0 aliphatic carbocycles. The van der Waals surface area contributed by atoms with Gasteiger partial charge in [0.15, 0.2) is 5.13 Å². The third-order valence-electron chi connectivity index (χ3n) is 3.29. The average Bonchev–Trinajstić information content (AvgIpc) is 2.93. The van der Waals surface area contributed by atoms with Crippen LogP contribution in [0.2, 0.25) is 5.02 Å². The van der Waals surface area contributed by atoms with E-state index < -0.39 is 0 Å². The average molecular weight is 379 g/mol. The van der Waals surface area contributed by atoms with E-state index in [2.05, 4.69) is 20.3 Å². The van der Waals surface area contributed by atoms with Crippen LogP contribution >= 0.6 is 34.7 Å². The maximum absolute atomic E-state index is 12.5. The maximum atomic E-state index is 12.5. The van der Waals surface area contributed by atoms with E-state index in [-0.39, 0.29) is 11.2 Å². The van der Waals surface area contributed by atoms with E-state index in [0.717, 1.165) is 20.9 Å². The van der Waals surface area contributed by atoms with Crippen molar-refractivity contribution in [1.29, 1.82) is 0 Å². The number of halogens is 1. The summed E-state index contributed by atoms with van der Waals surface area (Å²) in [6, 6.07) is 7.36. The Hall–Kier alpha value is -1.70. The number of rotatable bonds is 5. The number of fused-ring (bicyclic) bond motifs is 1. The summed E-state index contributed by atoms with van der Waals surface area (Å²) in [4.78, 5) is 25.2. The maximum Gasteiger partial charge on any atom is 0.239 e. The normalized spacial score (nSPS) is 12.3. The van der Waals surface area contributed by atoms with Crippen LogP contribution in [0, 0.1) is 6.92 Å². The van der Waals surface area contributed by atoms with Gasteiger partial charge in [-0.1, -0.05) is 41.6 Å². The number of anilines is 1. The molecule has 5 nitrogen and oxygen atoms in total. The summed E-state index contributed by atoms with van der Waals surface area (Å²) in [5, 5.41) is 4.69. The van der Waals surface area contributed by atoms with Crippen molar-refractivity contribution in [3.05, 3.63) is 41.3 Å². The summed E-state index contributed by atoms with van der Waals surface area (Å²) < 4.78 is 0.949. The number of carbonyl (C=O) groups excluding carboxylic acids is 1. The van der Waals surface area contributed by atoms with Gasteiger partial charge in [0.1, 0.15) is 11.4 Å². The molecular formula is C16H15ClN4OS2. The third-order valence-corrected chi connectivity index (χ3v) is 5.75. The van der Waals surface area contributed by atoms with Gasteiger partial charge in [0, 0.05) is 10.7 Å². The van der Waals surface area contributed by atoms with Gasteiger partial charge in [-0.05, 0) is 37.6 Å². The number of hydrogen-bond acceptors (Lipinski definition) is 6. The quantitative estimate of drug-likeness (QED) is 0.520. The summed E-state index contributed by atoms with van der Waals surface area (Å²) in [6.07, 6.45) is 2.20. The van der Waals surface area contributed by atoms with E-state index in [4.69, 9.17) is 11.6 Å². The molecule has 0 spiro atoms. The van der Waals surface area contributed by atoms with Crippen molar-refractivity contribution in [3.63, 3.8) is 0 Å². The Balaban J connectivity index is 1.73. The summed E-state index contributed by atoms with van der Waals surface area (Å²) >= 11 is 8.83. The number of hydrogen-bond donors (Lipinski definition) is 1. The minimum Gasteiger partial charge on any atom is -0.301 e. The van der Waals surface area contributed by atoms with E-state index >= 15 is 0 Å². The molecule has 0 aliphatic rings. The predicted octanol–water partition coefficient (Wildman–Crippen LogP) is 4.56. The highest BCUT2D eigenvalue weighted by Crippen LogP contribution is 2.30. The first-order chi connectivity index (χ1) is 11.5. The molecule has 124 valence electrons. The van der Waals surface area contributed by atoms with Gasteiger partial charge < -0.3 is 5.32 Å². The monoisotopic (exact) mass is 378 g/mol. The zero-order valence-corrected chi connectivity index (χ0v) is 15.5. The van der Waals surface area contributed by atoms with E-state index in [1.165, 1.54) is 29.4 Å². The Labute approximate surface area is 152 Å². The van der Waals surface area contributed by atoms with E-state index in [1.807, 2.05) is 32.0 Å². The van der Waals surface area contributed by atoms with Gasteiger partial charge in [0.25, 0.3) is 0 Å². The molecule has 24 heavy (non-hydrogen) atoms. The van der Waals surface area contributed by atoms with Crippen molar-refractivity contribution in [1.82, 2.24) is 15.0 Å². The van der Waals surface area contributed by atoms with Crippen molar-refractivity contribution < 1.29 is 4.79 Å². The van der Waals surface area contributed by atoms with Crippen LogP contribution in [0.3, 0.4) is 0 Å². The summed E-state index contributed by atoms with van der Waals surface area (Å²) in [7, 11) is 0. The largest absolute Gasteiger partial charge is 0.301 e. The molecule has 2 heterocycles. The molecule has 1 aromatic carbocycles. The molecule has 0 saturated carbocycles. The molecule has 1 amide bonds. The lowest BCUT2D eigenvalue weighted by Crippen LogP contribution is -2.24. The molecule has 0 fully saturated rings. The fourth-order valence-corrected chi connectivity index (χ4v) is 4.22. The van der Waals surface area contributed by atoms with Crippen LogP contribution in [-0.4, -0.2) is 26.1 Å². The first-order valence-corrected chi connectivity index (χ1v) is 9.45. The Morgan fingerprint density at radius 2 is 2.21 bits per heavy atom. The predicted molar refractivity (Wildman–Crippen MR) is 100.0 cm³/mol. The molecule has 3 aromatic rings. The number of nitrogens with one attached hydrogen (secondary N) is 1. The number of amides is 1. The first-order valence-electron chi connectivity index (χ1n) is 7.37. The molecule has 1 atom stereocenters. The van der Waals surface area contributed by atoms with Gasteiger partial charge in [0.2, 0.25) is 5.91 Å². The zero-order chi connectivity index (χ0) is 17.1. The zero-order valence-electron chi connectivity index (χ0n) is 13.1. The van der Waals surface area contributed by atoms with Crippen LogP contribution in [0.15, 0.2) is 35.6 Å². The van der Waals surface area contributed by atoms with Gasteiger partial charge in [-0.2, -0.15) is 0 Å². The highest BCUT2D eigenvalue weighted by atomic mass is 35.5. The smallest absolute Gasteiger partial charge is 0.239 e. The van der Waals surface area contributed by atoms with Crippen LogP contribution in [0.1, 0.15) is 19.0 Å². The van der Waals surface area contributed by atoms with Crippen LogP contribution in [0.5, 0.6) is 0 Å². The van der Waals surface area contributed by atoms with Crippen LogP contribution in [-0.2, 0) is 4.79 Å². The molecule has 8 heteroatoms. The van der Waals surface area contributed by atoms with Crippen molar-refractivity contribution in [2.24, 2.45) is 0 Å². The molecular weight excluding hydrogens is 364 g/mol. The molecule has 0 aliphatic heterocycles. The number of nitrogens with zero attached hydrogens (tertiary/aromatic N) is 3. The van der Waals surface area contributed by atoms with Gasteiger partial charge in [-0.25, -0.2) is 15.0 Å². The van der Waals surface area contributed by atoms with Crippen LogP contribution < -0.4 is 5.32 Å². The van der Waals surface area contributed by atoms with Gasteiger partial charge in [-0.3, -0.25) is 4.79 Å². The molecule has 3 rings (SSSR count). The lowest BCUT2D eigenvalue weighted by Gasteiger charge is -2.12. The van der Waals surface area contributed by atoms with Gasteiger partial charge in [-0.15, -0.1) is 0 Å².